The fraction of sp³-hybridized carbons (Fsp3) is 0.538. The van der Waals surface area contributed by atoms with Gasteiger partial charge in [-0.05, 0) is 30.9 Å². The highest BCUT2D eigenvalue weighted by Gasteiger charge is 2.22. The second-order valence-electron chi connectivity index (χ2n) is 4.53. The predicted octanol–water partition coefficient (Wildman–Crippen LogP) is 4.46. The topological polar surface area (TPSA) is 0 Å². The molecule has 0 heterocycles. The Bertz CT molecular complexity index is 341. The molecule has 1 aromatic rings. The first-order valence-electron chi connectivity index (χ1n) is 5.73. The van der Waals surface area contributed by atoms with E-state index in [4.69, 9.17) is 0 Å². The lowest BCUT2D eigenvalue weighted by molar-refractivity contribution is 0.294. The fourth-order valence-corrected chi connectivity index (χ4v) is 2.97. The van der Waals surface area contributed by atoms with Crippen molar-refractivity contribution in [2.75, 3.05) is 0 Å². The molecule has 0 radical (unpaired) electrons. The molecule has 1 unspecified atom stereocenters. The van der Waals surface area contributed by atoms with Gasteiger partial charge in [-0.1, -0.05) is 41.3 Å². The number of halogens is 3. The molecule has 0 N–H and O–H groups in total. The fourth-order valence-electron chi connectivity index (χ4n) is 2.12. The summed E-state index contributed by atoms with van der Waals surface area (Å²) in [5, 5.41) is 0. The van der Waals surface area contributed by atoms with E-state index in [0.717, 1.165) is 12.3 Å². The molecule has 0 aromatic heterocycles. The highest BCUT2D eigenvalue weighted by molar-refractivity contribution is 9.09. The molecule has 1 fully saturated rings. The van der Waals surface area contributed by atoms with E-state index in [9.17, 15) is 8.78 Å². The SMILES string of the molecule is Fc1cccc(F)c1CC(Br)CC1CCC1. The normalized spacial score (nSPS) is 18.2. The van der Waals surface area contributed by atoms with Gasteiger partial charge in [0, 0.05) is 10.4 Å². The van der Waals surface area contributed by atoms with Crippen molar-refractivity contribution in [2.45, 2.75) is 36.9 Å². The summed E-state index contributed by atoms with van der Waals surface area (Å²) >= 11 is 3.52. The zero-order valence-corrected chi connectivity index (χ0v) is 10.6. The highest BCUT2D eigenvalue weighted by Crippen LogP contribution is 2.33. The van der Waals surface area contributed by atoms with Crippen LogP contribution in [0.1, 0.15) is 31.2 Å². The molecule has 2 rings (SSSR count). The van der Waals surface area contributed by atoms with Crippen LogP contribution in [0, 0.1) is 17.6 Å². The maximum atomic E-state index is 13.4. The molecule has 16 heavy (non-hydrogen) atoms. The van der Waals surface area contributed by atoms with Crippen molar-refractivity contribution in [1.29, 1.82) is 0 Å². The summed E-state index contributed by atoms with van der Waals surface area (Å²) in [5.74, 6) is -0.115. The van der Waals surface area contributed by atoms with Gasteiger partial charge in [0.05, 0.1) is 0 Å². The van der Waals surface area contributed by atoms with E-state index >= 15 is 0 Å². The Morgan fingerprint density at radius 1 is 1.25 bits per heavy atom. The van der Waals surface area contributed by atoms with Crippen LogP contribution in [0.3, 0.4) is 0 Å². The van der Waals surface area contributed by atoms with E-state index in [1.165, 1.54) is 37.5 Å². The van der Waals surface area contributed by atoms with Gasteiger partial charge in [0.2, 0.25) is 0 Å². The van der Waals surface area contributed by atoms with Gasteiger partial charge in [0.25, 0.3) is 0 Å². The lowest BCUT2D eigenvalue weighted by Gasteiger charge is -2.27. The van der Waals surface area contributed by atoms with Gasteiger partial charge >= 0.3 is 0 Å². The summed E-state index contributed by atoms with van der Waals surface area (Å²) in [6.07, 6.45) is 5.30. The maximum Gasteiger partial charge on any atom is 0.129 e. The number of hydrogen-bond donors (Lipinski definition) is 0. The van der Waals surface area contributed by atoms with Crippen LogP contribution in [0.15, 0.2) is 18.2 Å². The third kappa shape index (κ3) is 2.82. The van der Waals surface area contributed by atoms with Crippen molar-refractivity contribution in [2.24, 2.45) is 5.92 Å². The molecular weight excluding hydrogens is 274 g/mol. The maximum absolute atomic E-state index is 13.4. The van der Waals surface area contributed by atoms with Gasteiger partial charge < -0.3 is 0 Å². The first-order chi connectivity index (χ1) is 7.66. The van der Waals surface area contributed by atoms with Crippen LogP contribution in [0.2, 0.25) is 0 Å². The molecule has 0 aliphatic heterocycles. The van der Waals surface area contributed by atoms with E-state index in [-0.39, 0.29) is 10.4 Å². The number of hydrogen-bond acceptors (Lipinski definition) is 0. The van der Waals surface area contributed by atoms with Crippen LogP contribution in [0.4, 0.5) is 8.78 Å². The summed E-state index contributed by atoms with van der Waals surface area (Å²) in [5.41, 5.74) is 0.212. The Kier molecular flexibility index (Phi) is 3.95. The predicted molar refractivity (Wildman–Crippen MR) is 64.7 cm³/mol. The third-order valence-corrected chi connectivity index (χ3v) is 4.00. The summed E-state index contributed by atoms with van der Waals surface area (Å²) in [6, 6.07) is 4.05. The second-order valence-corrected chi connectivity index (χ2v) is 5.83. The van der Waals surface area contributed by atoms with Crippen molar-refractivity contribution in [1.82, 2.24) is 0 Å². The van der Waals surface area contributed by atoms with Crippen LogP contribution >= 0.6 is 15.9 Å². The zero-order chi connectivity index (χ0) is 11.5. The Labute approximate surface area is 103 Å². The van der Waals surface area contributed by atoms with E-state index in [2.05, 4.69) is 15.9 Å². The third-order valence-electron chi connectivity index (χ3n) is 3.30. The second kappa shape index (κ2) is 5.26. The Morgan fingerprint density at radius 2 is 1.88 bits per heavy atom. The number of benzene rings is 1. The van der Waals surface area contributed by atoms with Gasteiger partial charge in [-0.25, -0.2) is 8.78 Å². The van der Waals surface area contributed by atoms with E-state index < -0.39 is 11.6 Å². The molecular formula is C13H15BrF2. The molecule has 0 nitrogen and oxygen atoms in total. The van der Waals surface area contributed by atoms with E-state index in [0.29, 0.717) is 6.42 Å². The van der Waals surface area contributed by atoms with Gasteiger partial charge in [-0.3, -0.25) is 0 Å². The summed E-state index contributed by atoms with van der Waals surface area (Å²) in [4.78, 5) is 0.184. The standard InChI is InChI=1S/C13H15BrF2/c14-10(7-9-3-1-4-9)8-11-12(15)5-2-6-13(11)16/h2,5-6,9-10H,1,3-4,7-8H2. The highest BCUT2D eigenvalue weighted by atomic mass is 79.9. The minimum atomic E-state index is -0.432. The quantitative estimate of drug-likeness (QED) is 0.718. The molecule has 0 saturated heterocycles. The minimum Gasteiger partial charge on any atom is -0.207 e. The van der Waals surface area contributed by atoms with Crippen molar-refractivity contribution in [3.63, 3.8) is 0 Å². The van der Waals surface area contributed by atoms with Gasteiger partial charge in [0.15, 0.2) is 0 Å². The number of rotatable bonds is 4. The van der Waals surface area contributed by atoms with Crippen molar-refractivity contribution >= 4 is 15.9 Å². The Hall–Kier alpha value is -0.440. The van der Waals surface area contributed by atoms with Crippen LogP contribution in [-0.4, -0.2) is 4.83 Å². The average molecular weight is 289 g/mol. The Balaban J connectivity index is 1.96. The molecule has 0 bridgehead atoms. The van der Waals surface area contributed by atoms with Gasteiger partial charge in [0.1, 0.15) is 11.6 Å². The van der Waals surface area contributed by atoms with Crippen LogP contribution < -0.4 is 0 Å². The van der Waals surface area contributed by atoms with Gasteiger partial charge in [-0.15, -0.1) is 0 Å². The summed E-state index contributed by atoms with van der Waals surface area (Å²) in [6.45, 7) is 0. The average Bonchev–Trinajstić information content (AvgIpc) is 2.18. The molecule has 3 heteroatoms. The number of alkyl halides is 1. The first kappa shape index (κ1) is 12.0. The molecule has 0 spiro atoms. The smallest absolute Gasteiger partial charge is 0.129 e. The van der Waals surface area contributed by atoms with E-state index in [1.54, 1.807) is 0 Å². The summed E-state index contributed by atoms with van der Waals surface area (Å²) in [7, 11) is 0. The minimum absolute atomic E-state index is 0.184. The van der Waals surface area contributed by atoms with Crippen molar-refractivity contribution in [3.8, 4) is 0 Å². The molecule has 1 saturated carbocycles. The van der Waals surface area contributed by atoms with Crippen molar-refractivity contribution in [3.05, 3.63) is 35.4 Å². The Morgan fingerprint density at radius 3 is 2.38 bits per heavy atom. The van der Waals surface area contributed by atoms with Crippen LogP contribution in [0.25, 0.3) is 0 Å². The molecule has 1 aliphatic rings. The molecule has 1 aliphatic carbocycles. The zero-order valence-electron chi connectivity index (χ0n) is 9.06. The van der Waals surface area contributed by atoms with Crippen molar-refractivity contribution < 1.29 is 8.78 Å². The monoisotopic (exact) mass is 288 g/mol. The largest absolute Gasteiger partial charge is 0.207 e. The molecule has 0 amide bonds. The van der Waals surface area contributed by atoms with Crippen LogP contribution in [0.5, 0.6) is 0 Å². The van der Waals surface area contributed by atoms with E-state index in [1.807, 2.05) is 0 Å². The first-order valence-corrected chi connectivity index (χ1v) is 6.65. The van der Waals surface area contributed by atoms with Crippen LogP contribution in [-0.2, 0) is 6.42 Å². The lowest BCUT2D eigenvalue weighted by Crippen LogP contribution is -2.18. The molecule has 1 aromatic carbocycles. The molecule has 1 atom stereocenters. The molecule has 88 valence electrons. The summed E-state index contributed by atoms with van der Waals surface area (Å²) < 4.78 is 26.8. The lowest BCUT2D eigenvalue weighted by atomic mass is 9.81. The van der Waals surface area contributed by atoms with Gasteiger partial charge in [-0.2, -0.15) is 0 Å².